The van der Waals surface area contributed by atoms with Crippen molar-refractivity contribution in [3.8, 4) is 0 Å². The minimum Gasteiger partial charge on any atom is -0.467 e. The number of nitrogens with one attached hydrogen (secondary N) is 3. The average molecular weight is 791 g/mol. The molecule has 304 valence electrons. The molecule has 17 nitrogen and oxygen atoms in total. The number of anilines is 2. The van der Waals surface area contributed by atoms with E-state index in [2.05, 4.69) is 30.6 Å². The van der Waals surface area contributed by atoms with Crippen molar-refractivity contribution in [2.75, 3.05) is 37.1 Å². The Balaban J connectivity index is 1.40. The van der Waals surface area contributed by atoms with Crippen molar-refractivity contribution in [1.82, 2.24) is 25.3 Å². The number of aromatic amines is 1. The lowest BCUT2D eigenvalue weighted by Gasteiger charge is -2.29. The minimum absolute atomic E-state index is 0.0578. The predicted molar refractivity (Wildman–Crippen MR) is 194 cm³/mol. The van der Waals surface area contributed by atoms with Gasteiger partial charge in [0.25, 0.3) is 11.5 Å². The van der Waals surface area contributed by atoms with E-state index in [-0.39, 0.29) is 59.1 Å². The van der Waals surface area contributed by atoms with Gasteiger partial charge in [-0.05, 0) is 49.9 Å². The summed E-state index contributed by atoms with van der Waals surface area (Å²) in [5, 5.41) is 4.90. The van der Waals surface area contributed by atoms with Gasteiger partial charge in [-0.1, -0.05) is 13.8 Å². The lowest BCUT2D eigenvalue weighted by Crippen LogP contribution is -2.42. The van der Waals surface area contributed by atoms with Crippen LogP contribution in [-0.2, 0) is 39.9 Å². The molecular formula is C36H45F3N8O9. The summed E-state index contributed by atoms with van der Waals surface area (Å²) >= 11 is 0. The SMILES string of the molecule is COC(=O)[C@H](CCC(=O)CCCOC1(OCCN)CCCC1)NC(=O)c1ccc(N(Cc2cnc3nc(NC(=O)C(C)C)[nH]c(=O)c3n2)C(=O)C(F)(F)F)cc1. The number of nitrogens with two attached hydrogens (primary N) is 1. The molecule has 1 aliphatic rings. The van der Waals surface area contributed by atoms with Crippen LogP contribution in [0.4, 0.5) is 24.8 Å². The van der Waals surface area contributed by atoms with E-state index in [9.17, 15) is 41.9 Å². The number of hydrogen-bond donors (Lipinski definition) is 4. The molecule has 1 saturated carbocycles. The molecule has 0 aliphatic heterocycles. The maximum atomic E-state index is 13.7. The number of halogens is 3. The van der Waals surface area contributed by atoms with Gasteiger partial charge in [0, 0.05) is 49.4 Å². The Morgan fingerprint density at radius 1 is 1.02 bits per heavy atom. The molecule has 0 saturated heterocycles. The number of esters is 1. The monoisotopic (exact) mass is 790 g/mol. The Morgan fingerprint density at radius 3 is 2.32 bits per heavy atom. The maximum absolute atomic E-state index is 13.7. The molecule has 1 atom stereocenters. The molecule has 3 aromatic rings. The fourth-order valence-corrected chi connectivity index (χ4v) is 5.82. The van der Waals surface area contributed by atoms with Crippen molar-refractivity contribution in [3.05, 3.63) is 52.1 Å². The summed E-state index contributed by atoms with van der Waals surface area (Å²) in [6.45, 7) is 3.49. The fourth-order valence-electron chi connectivity index (χ4n) is 5.82. The number of aromatic nitrogens is 4. The van der Waals surface area contributed by atoms with Crippen LogP contribution < -0.4 is 26.8 Å². The van der Waals surface area contributed by atoms with Crippen molar-refractivity contribution in [2.45, 2.75) is 89.8 Å². The summed E-state index contributed by atoms with van der Waals surface area (Å²) < 4.78 is 57.8. The van der Waals surface area contributed by atoms with Gasteiger partial charge in [-0.2, -0.15) is 18.2 Å². The van der Waals surface area contributed by atoms with E-state index < -0.39 is 59.7 Å². The molecule has 0 spiro atoms. The molecule has 1 aromatic carbocycles. The molecule has 20 heteroatoms. The summed E-state index contributed by atoms with van der Waals surface area (Å²) in [7, 11) is 1.12. The zero-order valence-electron chi connectivity index (χ0n) is 31.2. The number of hydrogen-bond acceptors (Lipinski definition) is 13. The van der Waals surface area contributed by atoms with Gasteiger partial charge in [0.15, 0.2) is 17.0 Å². The van der Waals surface area contributed by atoms with Crippen molar-refractivity contribution in [3.63, 3.8) is 0 Å². The van der Waals surface area contributed by atoms with Crippen LogP contribution in [0.1, 0.15) is 81.3 Å². The van der Waals surface area contributed by atoms with E-state index in [1.54, 1.807) is 13.8 Å². The van der Waals surface area contributed by atoms with Gasteiger partial charge in [-0.3, -0.25) is 39.2 Å². The fraction of sp³-hybridized carbons (Fsp3) is 0.528. The van der Waals surface area contributed by atoms with E-state index in [1.165, 1.54) is 0 Å². The third-order valence-corrected chi connectivity index (χ3v) is 8.80. The standard InChI is InChI=1S/C36H45F3N8O9/c1-21(2)29(49)45-34-44-28-27(31(51)46-34)42-23(19-41-28)20-47(33(53)36(37,38)39)24-10-8-22(9-11-24)30(50)43-26(32(52)54-3)13-12-25(48)7-6-17-55-35(56-18-16-40)14-4-5-15-35/h8-11,19,21,26H,4-7,12-18,20,40H2,1-3H3,(H,43,50)(H2,41,44,45,46,49,51)/t26-/m0/s1. The van der Waals surface area contributed by atoms with E-state index >= 15 is 0 Å². The molecule has 5 N–H and O–H groups in total. The number of alkyl halides is 3. The molecule has 0 radical (unpaired) electrons. The third kappa shape index (κ3) is 11.8. The number of amides is 3. The van der Waals surface area contributed by atoms with Crippen LogP contribution in [0.15, 0.2) is 35.3 Å². The molecule has 1 fully saturated rings. The smallest absolute Gasteiger partial charge is 0.467 e. The first-order valence-corrected chi connectivity index (χ1v) is 18.0. The first-order chi connectivity index (χ1) is 26.6. The molecule has 56 heavy (non-hydrogen) atoms. The summed E-state index contributed by atoms with van der Waals surface area (Å²) in [6, 6.07) is 3.24. The van der Waals surface area contributed by atoms with Gasteiger partial charge in [0.1, 0.15) is 11.8 Å². The van der Waals surface area contributed by atoms with Crippen LogP contribution in [0.3, 0.4) is 0 Å². The number of ether oxygens (including phenoxy) is 3. The minimum atomic E-state index is -5.32. The Bertz CT molecular complexity index is 1930. The molecule has 2 aromatic heterocycles. The molecular weight excluding hydrogens is 745 g/mol. The number of Topliss-reactive ketones (excluding diaryl/α,β-unsaturated/α-hetero) is 1. The quantitative estimate of drug-likeness (QED) is 0.0777. The van der Waals surface area contributed by atoms with Gasteiger partial charge in [0.05, 0.1) is 38.8 Å². The summed E-state index contributed by atoms with van der Waals surface area (Å²) in [5.74, 6) is -5.79. The summed E-state index contributed by atoms with van der Waals surface area (Å²) in [4.78, 5) is 90.2. The first-order valence-electron chi connectivity index (χ1n) is 18.0. The van der Waals surface area contributed by atoms with E-state index in [4.69, 9.17) is 19.9 Å². The second-order valence-electron chi connectivity index (χ2n) is 13.4. The Morgan fingerprint density at radius 2 is 1.70 bits per heavy atom. The number of fused-ring (bicyclic) bond motifs is 1. The molecule has 0 unspecified atom stereocenters. The third-order valence-electron chi connectivity index (χ3n) is 8.80. The van der Waals surface area contributed by atoms with E-state index in [0.29, 0.717) is 31.1 Å². The van der Waals surface area contributed by atoms with Gasteiger partial charge in [-0.25, -0.2) is 14.8 Å². The van der Waals surface area contributed by atoms with Crippen molar-refractivity contribution in [1.29, 1.82) is 0 Å². The van der Waals surface area contributed by atoms with Crippen LogP contribution in [0.5, 0.6) is 0 Å². The second kappa shape index (κ2) is 19.5. The topological polar surface area (TPSA) is 238 Å². The highest BCUT2D eigenvalue weighted by molar-refractivity contribution is 5.99. The highest BCUT2D eigenvalue weighted by Crippen LogP contribution is 2.34. The zero-order valence-corrected chi connectivity index (χ0v) is 31.2. The van der Waals surface area contributed by atoms with Crippen LogP contribution in [0.25, 0.3) is 11.2 Å². The van der Waals surface area contributed by atoms with Gasteiger partial charge >= 0.3 is 18.1 Å². The number of carbonyl (C=O) groups excluding carboxylic acids is 5. The van der Waals surface area contributed by atoms with Crippen molar-refractivity contribution < 1.29 is 51.4 Å². The Kier molecular flexibility index (Phi) is 15.1. The number of carbonyl (C=O) groups is 5. The summed E-state index contributed by atoms with van der Waals surface area (Å²) in [6.07, 6.45) is -0.398. The number of ketones is 1. The number of benzene rings is 1. The highest BCUT2D eigenvalue weighted by atomic mass is 19.4. The highest BCUT2D eigenvalue weighted by Gasteiger charge is 2.43. The number of H-pyrrole nitrogens is 1. The van der Waals surface area contributed by atoms with Crippen LogP contribution in [0, 0.1) is 5.92 Å². The van der Waals surface area contributed by atoms with Crippen molar-refractivity contribution >= 4 is 52.3 Å². The Hall–Kier alpha value is -5.34. The Labute approximate surface area is 319 Å². The van der Waals surface area contributed by atoms with Crippen LogP contribution in [-0.4, -0.2) is 94.3 Å². The van der Waals surface area contributed by atoms with Gasteiger partial charge in [0.2, 0.25) is 11.9 Å². The molecule has 2 heterocycles. The predicted octanol–water partition coefficient (Wildman–Crippen LogP) is 3.07. The maximum Gasteiger partial charge on any atom is 0.471 e. The van der Waals surface area contributed by atoms with E-state index in [0.717, 1.165) is 63.3 Å². The lowest BCUT2D eigenvalue weighted by molar-refractivity contribution is -0.231. The molecule has 1 aliphatic carbocycles. The zero-order chi connectivity index (χ0) is 41.0. The van der Waals surface area contributed by atoms with Gasteiger partial charge < -0.3 is 25.3 Å². The number of nitrogens with zero attached hydrogens (tertiary/aromatic N) is 4. The van der Waals surface area contributed by atoms with E-state index in [1.807, 2.05) is 0 Å². The average Bonchev–Trinajstić information content (AvgIpc) is 3.64. The molecule has 0 bridgehead atoms. The molecule has 3 amide bonds. The lowest BCUT2D eigenvalue weighted by atomic mass is 10.1. The van der Waals surface area contributed by atoms with Crippen LogP contribution in [0.2, 0.25) is 0 Å². The first kappa shape index (κ1) is 43.4. The largest absolute Gasteiger partial charge is 0.471 e. The van der Waals surface area contributed by atoms with Crippen molar-refractivity contribution in [2.24, 2.45) is 11.7 Å². The number of rotatable bonds is 19. The molecule has 4 rings (SSSR count). The normalized spacial score (nSPS) is 14.4. The van der Waals surface area contributed by atoms with Crippen LogP contribution >= 0.6 is 0 Å². The number of methoxy groups -OCH3 is 1. The van der Waals surface area contributed by atoms with Gasteiger partial charge in [-0.15, -0.1) is 0 Å². The summed E-state index contributed by atoms with van der Waals surface area (Å²) in [5.41, 5.74) is 3.59. The second-order valence-corrected chi connectivity index (χ2v) is 13.4.